The van der Waals surface area contributed by atoms with Crippen molar-refractivity contribution in [1.29, 1.82) is 0 Å². The highest BCUT2D eigenvalue weighted by Crippen LogP contribution is 2.48. The molecule has 1 saturated carbocycles. The number of likely N-dealkylation sites (tertiary alicyclic amines) is 1. The number of carbonyl (C=O) groups excluding carboxylic acids is 1. The second kappa shape index (κ2) is 7.49. The Hall–Kier alpha value is -1.35. The van der Waals surface area contributed by atoms with E-state index in [0.29, 0.717) is 0 Å². The Bertz CT molecular complexity index is 590. The second-order valence-corrected chi connectivity index (χ2v) is 8.77. The Balaban J connectivity index is 1.48. The lowest BCUT2D eigenvalue weighted by molar-refractivity contribution is -0.123. The molecule has 1 heterocycles. The lowest BCUT2D eigenvalue weighted by Crippen LogP contribution is -2.41. The van der Waals surface area contributed by atoms with Gasteiger partial charge in [0, 0.05) is 19.6 Å². The Morgan fingerprint density at radius 3 is 2.28 bits per heavy atom. The van der Waals surface area contributed by atoms with Gasteiger partial charge in [0.1, 0.15) is 0 Å². The number of benzene rings is 1. The van der Waals surface area contributed by atoms with Gasteiger partial charge in [0.15, 0.2) is 0 Å². The summed E-state index contributed by atoms with van der Waals surface area (Å²) in [5.41, 5.74) is 3.47. The molecule has 2 aliphatic rings. The first-order chi connectivity index (χ1) is 11.9. The number of aryl methyl sites for hydroxylation is 2. The quantitative estimate of drug-likeness (QED) is 0.797. The minimum absolute atomic E-state index is 0.234. The summed E-state index contributed by atoms with van der Waals surface area (Å²) >= 11 is 0. The third kappa shape index (κ3) is 4.44. The molecule has 2 atom stereocenters. The molecule has 1 saturated heterocycles. The van der Waals surface area contributed by atoms with Gasteiger partial charge in [-0.15, -0.1) is 0 Å². The number of carbonyl (C=O) groups is 1. The molecule has 1 aromatic carbocycles. The fraction of sp³-hybridized carbons (Fsp3) is 0.682. The summed E-state index contributed by atoms with van der Waals surface area (Å²) in [6.45, 7) is 13.3. The van der Waals surface area contributed by atoms with E-state index in [0.717, 1.165) is 44.2 Å². The van der Waals surface area contributed by atoms with E-state index in [1.54, 1.807) is 0 Å². The first-order valence-corrected chi connectivity index (χ1v) is 9.98. The van der Waals surface area contributed by atoms with Crippen LogP contribution in [0.2, 0.25) is 0 Å². The van der Waals surface area contributed by atoms with Gasteiger partial charge in [-0.1, -0.05) is 43.2 Å². The van der Waals surface area contributed by atoms with E-state index in [1.165, 1.54) is 36.2 Å². The number of piperidine rings is 1. The van der Waals surface area contributed by atoms with E-state index in [9.17, 15) is 4.79 Å². The minimum atomic E-state index is -0.245. The van der Waals surface area contributed by atoms with Gasteiger partial charge in [-0.3, -0.25) is 4.79 Å². The van der Waals surface area contributed by atoms with Crippen LogP contribution < -0.4 is 5.32 Å². The fourth-order valence-electron chi connectivity index (χ4n) is 4.67. The lowest BCUT2D eigenvalue weighted by Gasteiger charge is -2.35. The van der Waals surface area contributed by atoms with Crippen LogP contribution in [0.1, 0.15) is 56.2 Å². The van der Waals surface area contributed by atoms with E-state index in [4.69, 9.17) is 0 Å². The number of rotatable bonds is 6. The third-order valence-electron chi connectivity index (χ3n) is 5.84. The molecule has 1 aliphatic carbocycles. The van der Waals surface area contributed by atoms with Gasteiger partial charge in [-0.2, -0.15) is 0 Å². The molecule has 2 unspecified atom stereocenters. The molecule has 1 aliphatic heterocycles. The topological polar surface area (TPSA) is 32.3 Å². The van der Waals surface area contributed by atoms with Crippen molar-refractivity contribution in [1.82, 2.24) is 10.2 Å². The van der Waals surface area contributed by atoms with Crippen LogP contribution in [0.5, 0.6) is 0 Å². The number of hydrogen-bond donors (Lipinski definition) is 1. The molecule has 3 heteroatoms. The molecular formula is C22H34N2O. The standard InChI is InChI=1S/C22H34N2O/c1-16-10-17(2)13-20(12-16)22(6-7-22)21(25)23-8-5-9-24-14-18(3)11-19(4)15-24/h10,12-13,18-19H,5-9,11,14-15H2,1-4H3,(H,23,25). The molecule has 0 radical (unpaired) electrons. The number of hydrogen-bond acceptors (Lipinski definition) is 2. The summed E-state index contributed by atoms with van der Waals surface area (Å²) < 4.78 is 0. The minimum Gasteiger partial charge on any atom is -0.355 e. The van der Waals surface area contributed by atoms with Crippen LogP contribution in [0.4, 0.5) is 0 Å². The predicted molar refractivity (Wildman–Crippen MR) is 104 cm³/mol. The summed E-state index contributed by atoms with van der Waals surface area (Å²) in [5, 5.41) is 3.22. The highest BCUT2D eigenvalue weighted by atomic mass is 16.2. The summed E-state index contributed by atoms with van der Waals surface area (Å²) in [4.78, 5) is 15.4. The van der Waals surface area contributed by atoms with Crippen LogP contribution in [0.3, 0.4) is 0 Å². The highest BCUT2D eigenvalue weighted by Gasteiger charge is 2.51. The van der Waals surface area contributed by atoms with Gasteiger partial charge in [0.2, 0.25) is 5.91 Å². The zero-order valence-electron chi connectivity index (χ0n) is 16.4. The molecular weight excluding hydrogens is 308 g/mol. The van der Waals surface area contributed by atoms with Gasteiger partial charge >= 0.3 is 0 Å². The molecule has 138 valence electrons. The largest absolute Gasteiger partial charge is 0.355 e. The van der Waals surface area contributed by atoms with Crippen molar-refractivity contribution in [2.45, 2.75) is 58.8 Å². The average molecular weight is 343 g/mol. The van der Waals surface area contributed by atoms with E-state index in [-0.39, 0.29) is 11.3 Å². The SMILES string of the molecule is Cc1cc(C)cc(C2(C(=O)NCCCN3CC(C)CC(C)C3)CC2)c1. The summed E-state index contributed by atoms with van der Waals surface area (Å²) in [7, 11) is 0. The van der Waals surface area contributed by atoms with Crippen LogP contribution in [0.25, 0.3) is 0 Å². The predicted octanol–water partition coefficient (Wildman–Crippen LogP) is 3.82. The summed E-state index contributed by atoms with van der Waals surface area (Å²) in [6, 6.07) is 6.56. The number of nitrogens with zero attached hydrogens (tertiary/aromatic N) is 1. The van der Waals surface area contributed by atoms with Crippen LogP contribution in [0.15, 0.2) is 18.2 Å². The summed E-state index contributed by atoms with van der Waals surface area (Å²) in [5.74, 6) is 1.84. The number of amides is 1. The van der Waals surface area contributed by atoms with E-state index in [2.05, 4.69) is 56.1 Å². The maximum absolute atomic E-state index is 12.8. The summed E-state index contributed by atoms with van der Waals surface area (Å²) in [6.07, 6.45) is 4.38. The first-order valence-electron chi connectivity index (χ1n) is 9.98. The monoisotopic (exact) mass is 342 g/mol. The van der Waals surface area contributed by atoms with Crippen molar-refractivity contribution in [3.63, 3.8) is 0 Å². The molecule has 1 amide bonds. The van der Waals surface area contributed by atoms with Crippen molar-refractivity contribution in [3.8, 4) is 0 Å². The van der Waals surface area contributed by atoms with Gasteiger partial charge in [0.05, 0.1) is 5.41 Å². The van der Waals surface area contributed by atoms with Crippen molar-refractivity contribution < 1.29 is 4.79 Å². The van der Waals surface area contributed by atoms with Crippen LogP contribution >= 0.6 is 0 Å². The normalized spacial score (nSPS) is 25.6. The Kier molecular flexibility index (Phi) is 5.52. The third-order valence-corrected chi connectivity index (χ3v) is 5.84. The fourth-order valence-corrected chi connectivity index (χ4v) is 4.67. The van der Waals surface area contributed by atoms with E-state index >= 15 is 0 Å². The molecule has 3 nitrogen and oxygen atoms in total. The average Bonchev–Trinajstić information content (AvgIpc) is 3.31. The number of nitrogens with one attached hydrogen (secondary N) is 1. The van der Waals surface area contributed by atoms with Crippen molar-refractivity contribution >= 4 is 5.91 Å². The molecule has 3 rings (SSSR count). The van der Waals surface area contributed by atoms with Crippen LogP contribution in [-0.2, 0) is 10.2 Å². The highest BCUT2D eigenvalue weighted by molar-refractivity contribution is 5.91. The molecule has 1 N–H and O–H groups in total. The van der Waals surface area contributed by atoms with Crippen LogP contribution in [0, 0.1) is 25.7 Å². The van der Waals surface area contributed by atoms with Gasteiger partial charge in [0.25, 0.3) is 0 Å². The molecule has 0 bridgehead atoms. The Morgan fingerprint density at radius 1 is 1.12 bits per heavy atom. The molecule has 1 aromatic rings. The second-order valence-electron chi connectivity index (χ2n) is 8.77. The lowest BCUT2D eigenvalue weighted by atomic mass is 9.91. The first kappa shape index (κ1) is 18.4. The van der Waals surface area contributed by atoms with Crippen molar-refractivity contribution in [2.75, 3.05) is 26.2 Å². The van der Waals surface area contributed by atoms with Crippen LogP contribution in [-0.4, -0.2) is 37.0 Å². The molecule has 0 aromatic heterocycles. The van der Waals surface area contributed by atoms with Crippen molar-refractivity contribution in [2.24, 2.45) is 11.8 Å². The van der Waals surface area contributed by atoms with Gasteiger partial charge < -0.3 is 10.2 Å². The molecule has 0 spiro atoms. The zero-order valence-corrected chi connectivity index (χ0v) is 16.4. The smallest absolute Gasteiger partial charge is 0.230 e. The zero-order chi connectivity index (χ0) is 18.0. The Labute approximate surface area is 153 Å². The van der Waals surface area contributed by atoms with E-state index in [1.807, 2.05) is 0 Å². The maximum Gasteiger partial charge on any atom is 0.230 e. The van der Waals surface area contributed by atoms with Gasteiger partial charge in [-0.25, -0.2) is 0 Å². The van der Waals surface area contributed by atoms with Gasteiger partial charge in [-0.05, 0) is 63.5 Å². The Morgan fingerprint density at radius 2 is 1.72 bits per heavy atom. The van der Waals surface area contributed by atoms with Crippen molar-refractivity contribution in [3.05, 3.63) is 34.9 Å². The molecule has 2 fully saturated rings. The molecule has 25 heavy (non-hydrogen) atoms. The van der Waals surface area contributed by atoms with E-state index < -0.39 is 0 Å². The maximum atomic E-state index is 12.8.